The van der Waals surface area contributed by atoms with Crippen LogP contribution in [0.25, 0.3) is 0 Å². The summed E-state index contributed by atoms with van der Waals surface area (Å²) in [6.07, 6.45) is -0.727. The number of hydrogen-bond acceptors (Lipinski definition) is 4. The van der Waals surface area contributed by atoms with Crippen LogP contribution in [0, 0.1) is 13.8 Å². The smallest absolute Gasteiger partial charge is 0.338 e. The minimum atomic E-state index is -4.36. The van der Waals surface area contributed by atoms with Crippen LogP contribution in [0.3, 0.4) is 0 Å². The summed E-state index contributed by atoms with van der Waals surface area (Å²) in [7, 11) is 5.34. The molecule has 0 aliphatic heterocycles. The fraction of sp³-hybridized carbons (Fsp3) is 0.684. The Bertz CT molecular complexity index is 1700. The number of halogens is 6. The van der Waals surface area contributed by atoms with Gasteiger partial charge in [0.05, 0.1) is 24.3 Å². The molecule has 1 aliphatic rings. The Morgan fingerprint density at radius 2 is 1.00 bits per heavy atom. The quantitative estimate of drug-likeness (QED) is 0.197. The van der Waals surface area contributed by atoms with E-state index in [9.17, 15) is 26.3 Å². The third-order valence-corrected chi connectivity index (χ3v) is 8.63. The second-order valence-electron chi connectivity index (χ2n) is 17.7. The minimum Gasteiger partial charge on any atom is -0.338 e. The molecule has 4 heterocycles. The zero-order valence-electron chi connectivity index (χ0n) is 34.1. The molecule has 14 heteroatoms. The maximum Gasteiger partial charge on any atom is 0.433 e. The molecule has 0 saturated heterocycles. The van der Waals surface area contributed by atoms with Gasteiger partial charge in [0.2, 0.25) is 0 Å². The average Bonchev–Trinajstić information content (AvgIpc) is 3.21. The van der Waals surface area contributed by atoms with Crippen LogP contribution in [0.4, 0.5) is 26.3 Å². The van der Waals surface area contributed by atoms with Gasteiger partial charge in [0.25, 0.3) is 0 Å². The van der Waals surface area contributed by atoms with Crippen molar-refractivity contribution in [2.75, 3.05) is 0 Å². The summed E-state index contributed by atoms with van der Waals surface area (Å²) in [6.45, 7) is 27.3. The fourth-order valence-corrected chi connectivity index (χ4v) is 5.66. The number of alkyl halides is 6. The van der Waals surface area contributed by atoms with E-state index in [2.05, 4.69) is 85.5 Å². The Morgan fingerprint density at radius 1 is 0.577 bits per heavy atom. The van der Waals surface area contributed by atoms with Gasteiger partial charge < -0.3 is 4.98 Å². The Hall–Kier alpha value is -3.58. The highest BCUT2D eigenvalue weighted by molar-refractivity contribution is 5.31. The molecule has 0 bridgehead atoms. The number of hydrogen-bond donors (Lipinski definition) is 1. The Morgan fingerprint density at radius 3 is 1.31 bits per heavy atom. The summed E-state index contributed by atoms with van der Waals surface area (Å²) in [4.78, 5) is 6.13. The molecule has 1 saturated carbocycles. The van der Waals surface area contributed by atoms with Gasteiger partial charge in [0.15, 0.2) is 0 Å². The zero-order chi connectivity index (χ0) is 40.6. The number of imidazole rings is 1. The number of nitrogens with one attached hydrogen (secondary N) is 1. The second kappa shape index (κ2) is 15.4. The summed E-state index contributed by atoms with van der Waals surface area (Å²) in [5.74, 6) is 1.09. The molecule has 5 rings (SSSR count). The monoisotopic (exact) mass is 742 g/mol. The maximum absolute atomic E-state index is 12.6. The first kappa shape index (κ1) is 44.6. The SMILES string of the molecule is Cc1c(C(C)(C)C)cnn1C.Cc1nc(C(C)(C)C)c(C(F)(F)F)[nH]1.Cn1ncc(C(C)(C)C)c1C(F)(F)F.Cn1ncc(C(C)(C)C)c1C1CC1. The molecule has 294 valence electrons. The Labute approximate surface area is 305 Å². The molecule has 52 heavy (non-hydrogen) atoms. The van der Waals surface area contributed by atoms with Crippen molar-refractivity contribution in [2.24, 2.45) is 21.1 Å². The Kier molecular flexibility index (Phi) is 13.2. The van der Waals surface area contributed by atoms with Gasteiger partial charge in [-0.1, -0.05) is 83.1 Å². The molecule has 4 aromatic rings. The summed E-state index contributed by atoms with van der Waals surface area (Å²) in [5.41, 5.74) is 3.71. The van der Waals surface area contributed by atoms with E-state index in [1.807, 2.05) is 24.1 Å². The van der Waals surface area contributed by atoms with Crippen molar-refractivity contribution in [1.29, 1.82) is 0 Å². The van der Waals surface area contributed by atoms with Gasteiger partial charge in [0, 0.05) is 49.4 Å². The standard InChI is InChI=1S/C11H18N2.2C9H13F3N2.C9H16N2/c1-11(2,3)9-7-12-13(4)10(9)8-5-6-8;1-8(2,3)6-5-13-14(4)7(6)9(10,11)12;1-5-13-6(8(2,3)4)7(14-5)9(10,11)12;1-7-8(9(2,3)4)6-10-11(7)5/h7-8H,5-6H2,1-4H3;5H,1-4H3;1-4H3,(H,13,14);6H,1-5H3. The first-order valence-electron chi connectivity index (χ1n) is 17.4. The molecule has 0 atom stereocenters. The molecule has 4 aromatic heterocycles. The topological polar surface area (TPSA) is 82.1 Å². The maximum atomic E-state index is 12.6. The summed E-state index contributed by atoms with van der Waals surface area (Å²) in [6, 6.07) is 0. The van der Waals surface area contributed by atoms with Crippen molar-refractivity contribution in [1.82, 2.24) is 39.3 Å². The lowest BCUT2D eigenvalue weighted by atomic mass is 9.86. The minimum absolute atomic E-state index is 0.0718. The van der Waals surface area contributed by atoms with Crippen LogP contribution < -0.4 is 0 Å². The highest BCUT2D eigenvalue weighted by atomic mass is 19.4. The van der Waals surface area contributed by atoms with Crippen molar-refractivity contribution >= 4 is 0 Å². The first-order chi connectivity index (χ1) is 23.2. The van der Waals surface area contributed by atoms with E-state index in [-0.39, 0.29) is 22.1 Å². The van der Waals surface area contributed by atoms with Gasteiger partial charge in [-0.15, -0.1) is 0 Å². The van der Waals surface area contributed by atoms with E-state index in [1.54, 1.807) is 41.5 Å². The third kappa shape index (κ3) is 11.7. The third-order valence-electron chi connectivity index (χ3n) is 8.63. The van der Waals surface area contributed by atoms with Crippen molar-refractivity contribution in [3.8, 4) is 0 Å². The summed E-state index contributed by atoms with van der Waals surface area (Å²) >= 11 is 0. The van der Waals surface area contributed by atoms with Crippen LogP contribution >= 0.6 is 0 Å². The highest BCUT2D eigenvalue weighted by Crippen LogP contribution is 2.44. The molecule has 1 N–H and O–H groups in total. The number of aromatic nitrogens is 8. The molecule has 0 amide bonds. The van der Waals surface area contributed by atoms with Crippen molar-refractivity contribution in [2.45, 2.75) is 150 Å². The molecule has 0 spiro atoms. The molecule has 1 aliphatic carbocycles. The molecular weight excluding hydrogens is 682 g/mol. The second-order valence-corrected chi connectivity index (χ2v) is 17.7. The van der Waals surface area contributed by atoms with Gasteiger partial charge in [-0.25, -0.2) is 4.98 Å². The molecule has 0 aromatic carbocycles. The normalized spacial score (nSPS) is 14.2. The van der Waals surface area contributed by atoms with Crippen molar-refractivity contribution in [3.05, 3.63) is 69.6 Å². The number of aromatic amines is 1. The molecule has 1 fully saturated rings. The molecular formula is C38H60F6N8. The van der Waals surface area contributed by atoms with E-state index in [0.717, 1.165) is 10.6 Å². The van der Waals surface area contributed by atoms with E-state index in [1.165, 1.54) is 55.5 Å². The van der Waals surface area contributed by atoms with Crippen LogP contribution in [0.1, 0.15) is 153 Å². The van der Waals surface area contributed by atoms with Crippen LogP contribution in [0.15, 0.2) is 18.6 Å². The van der Waals surface area contributed by atoms with E-state index in [4.69, 9.17) is 0 Å². The fourth-order valence-electron chi connectivity index (χ4n) is 5.66. The van der Waals surface area contributed by atoms with Crippen molar-refractivity contribution < 1.29 is 26.3 Å². The van der Waals surface area contributed by atoms with E-state index >= 15 is 0 Å². The van der Waals surface area contributed by atoms with E-state index < -0.39 is 34.6 Å². The number of H-pyrrole nitrogens is 1. The highest BCUT2D eigenvalue weighted by Gasteiger charge is 2.41. The largest absolute Gasteiger partial charge is 0.433 e. The van der Waals surface area contributed by atoms with E-state index in [0.29, 0.717) is 5.82 Å². The average molecular weight is 743 g/mol. The number of aryl methyl sites for hydroxylation is 4. The predicted octanol–water partition coefficient (Wildman–Crippen LogP) is 10.4. The van der Waals surface area contributed by atoms with Crippen molar-refractivity contribution in [3.63, 3.8) is 0 Å². The lowest BCUT2D eigenvalue weighted by Crippen LogP contribution is -2.20. The lowest BCUT2D eigenvalue weighted by molar-refractivity contribution is -0.145. The summed E-state index contributed by atoms with van der Waals surface area (Å²) in [5, 5.41) is 12.2. The van der Waals surface area contributed by atoms with Crippen LogP contribution in [0.2, 0.25) is 0 Å². The molecule has 8 nitrogen and oxygen atoms in total. The lowest BCUT2D eigenvalue weighted by Gasteiger charge is -2.20. The summed E-state index contributed by atoms with van der Waals surface area (Å²) < 4.78 is 80.2. The predicted molar refractivity (Wildman–Crippen MR) is 194 cm³/mol. The van der Waals surface area contributed by atoms with Crippen LogP contribution in [0.5, 0.6) is 0 Å². The van der Waals surface area contributed by atoms with Crippen LogP contribution in [-0.2, 0) is 55.2 Å². The van der Waals surface area contributed by atoms with Gasteiger partial charge in [0.1, 0.15) is 17.2 Å². The number of rotatable bonds is 1. The van der Waals surface area contributed by atoms with Gasteiger partial charge >= 0.3 is 12.4 Å². The number of nitrogens with zero attached hydrogens (tertiary/aromatic N) is 7. The first-order valence-corrected chi connectivity index (χ1v) is 17.4. The zero-order valence-corrected chi connectivity index (χ0v) is 34.1. The van der Waals surface area contributed by atoms with Gasteiger partial charge in [-0.3, -0.25) is 14.0 Å². The van der Waals surface area contributed by atoms with Crippen LogP contribution in [-0.4, -0.2) is 39.3 Å². The van der Waals surface area contributed by atoms with Gasteiger partial charge in [-0.05, 0) is 54.1 Å². The molecule has 0 radical (unpaired) electrons. The Balaban J connectivity index is 0.000000241. The molecule has 0 unspecified atom stereocenters. The van der Waals surface area contributed by atoms with Gasteiger partial charge in [-0.2, -0.15) is 41.6 Å².